The molecule has 0 saturated heterocycles. The van der Waals surface area contributed by atoms with E-state index in [1.165, 1.54) is 45.2 Å². The topological polar surface area (TPSA) is 23.5 Å². The van der Waals surface area contributed by atoms with E-state index in [4.69, 9.17) is 5.11 Å². The predicted molar refractivity (Wildman–Crippen MR) is 69.6 cm³/mol. The molecule has 0 spiro atoms. The Labute approximate surface area is 101 Å². The molecule has 1 fully saturated rings. The zero-order valence-corrected chi connectivity index (χ0v) is 11.1. The lowest BCUT2D eigenvalue weighted by Crippen LogP contribution is -2.42. The maximum Gasteiger partial charge on any atom is 0.0431 e. The van der Waals surface area contributed by atoms with Crippen molar-refractivity contribution in [2.24, 2.45) is 5.92 Å². The highest BCUT2D eigenvalue weighted by Gasteiger charge is 2.26. The Kier molecular flexibility index (Phi) is 7.06. The number of aliphatic hydroxyl groups excluding tert-OH is 1. The maximum absolute atomic E-state index is 8.85. The zero-order chi connectivity index (χ0) is 11.8. The van der Waals surface area contributed by atoms with E-state index < -0.39 is 0 Å². The summed E-state index contributed by atoms with van der Waals surface area (Å²) in [5, 5.41) is 8.85. The number of hydrogen-bond acceptors (Lipinski definition) is 2. The van der Waals surface area contributed by atoms with Crippen molar-refractivity contribution in [2.75, 3.05) is 19.7 Å². The molecule has 1 aliphatic rings. The van der Waals surface area contributed by atoms with Crippen molar-refractivity contribution >= 4 is 0 Å². The molecule has 2 unspecified atom stereocenters. The Morgan fingerprint density at radius 3 is 2.50 bits per heavy atom. The van der Waals surface area contributed by atoms with Gasteiger partial charge in [0.25, 0.3) is 0 Å². The summed E-state index contributed by atoms with van der Waals surface area (Å²) in [6.07, 6.45) is 9.00. The van der Waals surface area contributed by atoms with E-state index in [0.717, 1.165) is 24.8 Å². The molecule has 1 N–H and O–H groups in total. The lowest BCUT2D eigenvalue weighted by atomic mass is 9.84. The molecule has 0 radical (unpaired) electrons. The highest BCUT2D eigenvalue weighted by atomic mass is 16.2. The number of aliphatic hydroxyl groups is 1. The molecule has 16 heavy (non-hydrogen) atoms. The van der Waals surface area contributed by atoms with Gasteiger partial charge in [0.15, 0.2) is 0 Å². The molecule has 0 amide bonds. The Morgan fingerprint density at radius 1 is 1.12 bits per heavy atom. The van der Waals surface area contributed by atoms with Crippen LogP contribution in [-0.2, 0) is 0 Å². The molecule has 0 aliphatic heterocycles. The summed E-state index contributed by atoms with van der Waals surface area (Å²) >= 11 is 0. The third-order valence-corrected chi connectivity index (χ3v) is 3.90. The fourth-order valence-corrected chi connectivity index (χ4v) is 3.00. The Hall–Kier alpha value is -0.0800. The van der Waals surface area contributed by atoms with Crippen LogP contribution in [0.3, 0.4) is 0 Å². The molecule has 1 saturated carbocycles. The van der Waals surface area contributed by atoms with Gasteiger partial charge in [-0.25, -0.2) is 0 Å². The van der Waals surface area contributed by atoms with Crippen LogP contribution >= 0.6 is 0 Å². The van der Waals surface area contributed by atoms with E-state index >= 15 is 0 Å². The van der Waals surface area contributed by atoms with Crippen molar-refractivity contribution in [3.63, 3.8) is 0 Å². The molecule has 0 aromatic carbocycles. The number of rotatable bonds is 7. The summed E-state index contributed by atoms with van der Waals surface area (Å²) in [6, 6.07) is 0.812. The van der Waals surface area contributed by atoms with Crippen molar-refractivity contribution in [3.05, 3.63) is 0 Å². The minimum Gasteiger partial charge on any atom is -0.396 e. The second-order valence-corrected chi connectivity index (χ2v) is 5.30. The lowest BCUT2D eigenvalue weighted by molar-refractivity contribution is 0.107. The molecule has 1 aliphatic carbocycles. The van der Waals surface area contributed by atoms with Crippen molar-refractivity contribution in [1.82, 2.24) is 4.90 Å². The van der Waals surface area contributed by atoms with Gasteiger partial charge in [0, 0.05) is 12.6 Å². The first kappa shape index (κ1) is 14.0. The second-order valence-electron chi connectivity index (χ2n) is 5.30. The van der Waals surface area contributed by atoms with E-state index in [2.05, 4.69) is 18.7 Å². The third kappa shape index (κ3) is 4.42. The molecule has 0 bridgehead atoms. The van der Waals surface area contributed by atoms with E-state index in [0.29, 0.717) is 6.61 Å². The van der Waals surface area contributed by atoms with Gasteiger partial charge in [-0.05, 0) is 51.1 Å². The Bertz CT molecular complexity index is 172. The van der Waals surface area contributed by atoms with E-state index in [1.54, 1.807) is 0 Å². The smallest absolute Gasteiger partial charge is 0.0431 e. The van der Waals surface area contributed by atoms with Crippen LogP contribution in [0.5, 0.6) is 0 Å². The first-order chi connectivity index (χ1) is 7.79. The van der Waals surface area contributed by atoms with Gasteiger partial charge in [-0.1, -0.05) is 26.7 Å². The second kappa shape index (κ2) is 8.08. The first-order valence-corrected chi connectivity index (χ1v) is 7.14. The van der Waals surface area contributed by atoms with Crippen LogP contribution in [0.15, 0.2) is 0 Å². The largest absolute Gasteiger partial charge is 0.396 e. The molecule has 2 atom stereocenters. The summed E-state index contributed by atoms with van der Waals surface area (Å²) in [6.45, 7) is 7.45. The number of hydrogen-bond donors (Lipinski definition) is 1. The van der Waals surface area contributed by atoms with Gasteiger partial charge in [0.1, 0.15) is 0 Å². The summed E-state index contributed by atoms with van der Waals surface area (Å²) in [5.41, 5.74) is 0. The van der Waals surface area contributed by atoms with Crippen molar-refractivity contribution in [1.29, 1.82) is 0 Å². The highest BCUT2D eigenvalue weighted by Crippen LogP contribution is 2.28. The molecule has 96 valence electrons. The lowest BCUT2D eigenvalue weighted by Gasteiger charge is -2.38. The number of unbranched alkanes of at least 4 members (excludes halogenated alkanes) is 1. The van der Waals surface area contributed by atoms with E-state index in [9.17, 15) is 0 Å². The normalized spacial score (nSPS) is 26.2. The quantitative estimate of drug-likeness (QED) is 0.676. The molecule has 0 aromatic rings. The number of nitrogens with zero attached hydrogens (tertiary/aromatic N) is 1. The predicted octanol–water partition coefficient (Wildman–Crippen LogP) is 3.05. The van der Waals surface area contributed by atoms with Gasteiger partial charge < -0.3 is 10.0 Å². The van der Waals surface area contributed by atoms with Crippen molar-refractivity contribution in [3.8, 4) is 0 Å². The average Bonchev–Trinajstić information content (AvgIpc) is 2.29. The van der Waals surface area contributed by atoms with E-state index in [-0.39, 0.29) is 0 Å². The first-order valence-electron chi connectivity index (χ1n) is 7.14. The van der Waals surface area contributed by atoms with Gasteiger partial charge in [0.05, 0.1) is 0 Å². The highest BCUT2D eigenvalue weighted by molar-refractivity contribution is 4.80. The van der Waals surface area contributed by atoms with Gasteiger partial charge >= 0.3 is 0 Å². The average molecular weight is 227 g/mol. The molecule has 0 heterocycles. The summed E-state index contributed by atoms with van der Waals surface area (Å²) in [7, 11) is 0. The minimum atomic E-state index is 0.347. The zero-order valence-electron chi connectivity index (χ0n) is 11.1. The minimum absolute atomic E-state index is 0.347. The van der Waals surface area contributed by atoms with Gasteiger partial charge in [0.2, 0.25) is 0 Å². The van der Waals surface area contributed by atoms with Gasteiger partial charge in [-0.2, -0.15) is 0 Å². The fraction of sp³-hybridized carbons (Fsp3) is 1.00. The maximum atomic E-state index is 8.85. The summed E-state index contributed by atoms with van der Waals surface area (Å²) < 4.78 is 0. The monoisotopic (exact) mass is 227 g/mol. The molecule has 2 nitrogen and oxygen atoms in total. The van der Waals surface area contributed by atoms with Crippen LogP contribution in [0.4, 0.5) is 0 Å². The molecular weight excluding hydrogens is 198 g/mol. The molecule has 1 rings (SSSR count). The van der Waals surface area contributed by atoms with Crippen LogP contribution in [0.2, 0.25) is 0 Å². The van der Waals surface area contributed by atoms with Gasteiger partial charge in [-0.15, -0.1) is 0 Å². The molecular formula is C14H29NO. The van der Waals surface area contributed by atoms with Crippen LogP contribution in [0.1, 0.15) is 58.8 Å². The van der Waals surface area contributed by atoms with Crippen LogP contribution in [0.25, 0.3) is 0 Å². The summed E-state index contributed by atoms with van der Waals surface area (Å²) in [5.74, 6) is 0.870. The summed E-state index contributed by atoms with van der Waals surface area (Å²) in [4.78, 5) is 2.68. The van der Waals surface area contributed by atoms with Gasteiger partial charge in [-0.3, -0.25) is 0 Å². The van der Waals surface area contributed by atoms with Crippen LogP contribution in [0, 0.1) is 5.92 Å². The van der Waals surface area contributed by atoms with Crippen molar-refractivity contribution < 1.29 is 5.11 Å². The van der Waals surface area contributed by atoms with Crippen molar-refractivity contribution in [2.45, 2.75) is 64.8 Å². The Morgan fingerprint density at radius 2 is 1.88 bits per heavy atom. The SMILES string of the molecule is CCCN(CCCCO)C1CCCCC1C. The third-order valence-electron chi connectivity index (χ3n) is 3.90. The van der Waals surface area contributed by atoms with Crippen LogP contribution < -0.4 is 0 Å². The molecule has 2 heteroatoms. The van der Waals surface area contributed by atoms with Crippen LogP contribution in [-0.4, -0.2) is 35.7 Å². The molecule has 0 aromatic heterocycles. The van der Waals surface area contributed by atoms with E-state index in [1.807, 2.05) is 0 Å². The Balaban J connectivity index is 2.39. The standard InChI is InChI=1S/C14H29NO/c1-3-10-15(11-6-7-12-16)14-9-5-4-8-13(14)2/h13-14,16H,3-12H2,1-2H3. The fourth-order valence-electron chi connectivity index (χ4n) is 3.00.